The third-order valence-corrected chi connectivity index (χ3v) is 2.93. The zero-order valence-electron chi connectivity index (χ0n) is 12.9. The van der Waals surface area contributed by atoms with Crippen LogP contribution >= 0.6 is 0 Å². The lowest BCUT2D eigenvalue weighted by Crippen LogP contribution is -2.38. The van der Waals surface area contributed by atoms with Crippen LogP contribution in [0.2, 0.25) is 6.32 Å². The van der Waals surface area contributed by atoms with Gasteiger partial charge in [-0.2, -0.15) is 0 Å². The minimum Gasteiger partial charge on any atom is -0.427 e. The molecule has 18 heavy (non-hydrogen) atoms. The number of hydrogen-bond acceptors (Lipinski definition) is 4. The molecule has 0 saturated heterocycles. The van der Waals surface area contributed by atoms with Crippen LogP contribution in [0.4, 0.5) is 0 Å². The van der Waals surface area contributed by atoms with Gasteiger partial charge in [0.05, 0.1) is 0 Å². The first-order valence-electron chi connectivity index (χ1n) is 7.23. The van der Waals surface area contributed by atoms with E-state index in [4.69, 9.17) is 15.8 Å². The van der Waals surface area contributed by atoms with Gasteiger partial charge in [0.25, 0.3) is 0 Å². The summed E-state index contributed by atoms with van der Waals surface area (Å²) in [7, 11) is 3.14. The predicted molar refractivity (Wildman–Crippen MR) is 80.5 cm³/mol. The van der Waals surface area contributed by atoms with Crippen LogP contribution in [0.5, 0.6) is 0 Å². The molecule has 0 aromatic heterocycles. The lowest BCUT2D eigenvalue weighted by Gasteiger charge is -2.30. The molecule has 1 fully saturated rings. The molecular weight excluding hydrogens is 227 g/mol. The first-order chi connectivity index (χ1) is 8.47. The monoisotopic (exact) mass is 260 g/mol. The van der Waals surface area contributed by atoms with Gasteiger partial charge in [-0.15, -0.1) is 0 Å². The molecular formula is C13H33BN2O2. The molecule has 110 valence electrons. The van der Waals surface area contributed by atoms with E-state index in [0.717, 1.165) is 5.92 Å². The zero-order valence-corrected chi connectivity index (χ0v) is 12.9. The maximum Gasteiger partial charge on any atom is 0.451 e. The Morgan fingerprint density at radius 2 is 1.61 bits per heavy atom. The molecule has 0 aromatic carbocycles. The summed E-state index contributed by atoms with van der Waals surface area (Å²) < 4.78 is 0. The summed E-state index contributed by atoms with van der Waals surface area (Å²) in [6, 6.07) is 0.464. The predicted octanol–water partition coefficient (Wildman–Crippen LogP) is 1.57. The normalized spacial score (nSPS) is 22.5. The van der Waals surface area contributed by atoms with Crippen LogP contribution in [0.3, 0.4) is 0 Å². The maximum atomic E-state index is 7.92. The summed E-state index contributed by atoms with van der Waals surface area (Å²) in [5.74, 6) is 0.749. The minimum atomic E-state index is -1.12. The highest BCUT2D eigenvalue weighted by Crippen LogP contribution is 2.22. The summed E-state index contributed by atoms with van der Waals surface area (Å²) in [5.41, 5.74) is 6.00. The highest BCUT2D eigenvalue weighted by atomic mass is 16.4. The Morgan fingerprint density at radius 1 is 1.17 bits per heavy atom. The Balaban J connectivity index is 0. The fourth-order valence-corrected chi connectivity index (χ4v) is 1.93. The molecule has 0 heterocycles. The summed E-state index contributed by atoms with van der Waals surface area (Å²) in [6.07, 6.45) is 5.70. The van der Waals surface area contributed by atoms with Crippen LogP contribution in [-0.2, 0) is 0 Å². The highest BCUT2D eigenvalue weighted by Gasteiger charge is 2.21. The standard InChI is InChI=1S/C9H20N2.C2H7BO2.C2H6/c1-11(2)7-8-5-3-4-6-9(8)10;1-2-3(4)5;1-2/h8-9H,3-7,10H2,1-2H3;4-5H,2H2,1H3;1-2H3/t8-,9-;;/m0../s1. The van der Waals surface area contributed by atoms with Crippen molar-refractivity contribution in [2.45, 2.75) is 58.8 Å². The van der Waals surface area contributed by atoms with Gasteiger partial charge >= 0.3 is 7.12 Å². The Morgan fingerprint density at radius 3 is 1.94 bits per heavy atom. The van der Waals surface area contributed by atoms with E-state index in [9.17, 15) is 0 Å². The Bertz CT molecular complexity index is 169. The van der Waals surface area contributed by atoms with Gasteiger partial charge in [-0.25, -0.2) is 0 Å². The Kier molecular flexibility index (Phi) is 15.0. The van der Waals surface area contributed by atoms with Crippen LogP contribution in [0.1, 0.15) is 46.5 Å². The number of nitrogens with zero attached hydrogens (tertiary/aromatic N) is 1. The van der Waals surface area contributed by atoms with Gasteiger partial charge in [0, 0.05) is 12.6 Å². The third kappa shape index (κ3) is 12.4. The van der Waals surface area contributed by atoms with E-state index in [2.05, 4.69) is 19.0 Å². The van der Waals surface area contributed by atoms with Gasteiger partial charge in [0.1, 0.15) is 0 Å². The van der Waals surface area contributed by atoms with Crippen molar-refractivity contribution in [3.8, 4) is 0 Å². The molecule has 0 amide bonds. The summed E-state index contributed by atoms with van der Waals surface area (Å²) in [5, 5.41) is 15.8. The largest absolute Gasteiger partial charge is 0.451 e. The van der Waals surface area contributed by atoms with E-state index in [1.165, 1.54) is 32.2 Å². The van der Waals surface area contributed by atoms with Crippen LogP contribution in [-0.4, -0.2) is 48.7 Å². The molecule has 0 aliphatic heterocycles. The summed E-state index contributed by atoms with van der Waals surface area (Å²) >= 11 is 0. The first-order valence-corrected chi connectivity index (χ1v) is 7.23. The molecule has 5 heteroatoms. The SMILES string of the molecule is CC.CCB(O)O.CN(C)C[C@@H]1CCCC[C@@H]1N. The van der Waals surface area contributed by atoms with Gasteiger partial charge < -0.3 is 20.7 Å². The second kappa shape index (κ2) is 13.3. The molecule has 0 radical (unpaired) electrons. The molecule has 1 aliphatic carbocycles. The number of rotatable bonds is 3. The molecule has 4 nitrogen and oxygen atoms in total. The highest BCUT2D eigenvalue weighted by molar-refractivity contribution is 6.40. The summed E-state index contributed by atoms with van der Waals surface area (Å²) in [6.45, 7) is 6.87. The van der Waals surface area contributed by atoms with E-state index in [1.807, 2.05) is 13.8 Å². The van der Waals surface area contributed by atoms with Crippen molar-refractivity contribution >= 4 is 7.12 Å². The molecule has 0 spiro atoms. The molecule has 1 aliphatic rings. The second-order valence-corrected chi connectivity index (χ2v) is 4.86. The Hall–Kier alpha value is -0.0951. The van der Waals surface area contributed by atoms with E-state index >= 15 is 0 Å². The van der Waals surface area contributed by atoms with Crippen molar-refractivity contribution in [2.24, 2.45) is 11.7 Å². The maximum absolute atomic E-state index is 7.92. The van der Waals surface area contributed by atoms with Gasteiger partial charge in [-0.3, -0.25) is 0 Å². The quantitative estimate of drug-likeness (QED) is 0.674. The van der Waals surface area contributed by atoms with Crippen LogP contribution in [0.15, 0.2) is 0 Å². The van der Waals surface area contributed by atoms with E-state index < -0.39 is 7.12 Å². The molecule has 0 unspecified atom stereocenters. The van der Waals surface area contributed by atoms with Gasteiger partial charge in [0.2, 0.25) is 0 Å². The first kappa shape index (κ1) is 20.2. The minimum absolute atomic E-state index is 0.417. The van der Waals surface area contributed by atoms with Crippen molar-refractivity contribution in [3.05, 3.63) is 0 Å². The fourth-order valence-electron chi connectivity index (χ4n) is 1.93. The lowest BCUT2D eigenvalue weighted by molar-refractivity contribution is 0.235. The average molecular weight is 260 g/mol. The van der Waals surface area contributed by atoms with Crippen molar-refractivity contribution in [2.75, 3.05) is 20.6 Å². The van der Waals surface area contributed by atoms with Crippen LogP contribution in [0, 0.1) is 5.92 Å². The van der Waals surface area contributed by atoms with Gasteiger partial charge in [-0.1, -0.05) is 33.6 Å². The third-order valence-electron chi connectivity index (χ3n) is 2.93. The smallest absolute Gasteiger partial charge is 0.427 e. The molecule has 0 aromatic rings. The molecule has 2 atom stereocenters. The van der Waals surface area contributed by atoms with Crippen molar-refractivity contribution < 1.29 is 10.0 Å². The van der Waals surface area contributed by atoms with E-state index in [1.54, 1.807) is 6.92 Å². The molecule has 1 saturated carbocycles. The Labute approximate surface area is 114 Å². The number of nitrogens with two attached hydrogens (primary N) is 1. The van der Waals surface area contributed by atoms with Crippen LogP contribution in [0.25, 0.3) is 0 Å². The fraction of sp³-hybridized carbons (Fsp3) is 1.00. The van der Waals surface area contributed by atoms with Crippen molar-refractivity contribution in [1.82, 2.24) is 4.90 Å². The molecule has 0 bridgehead atoms. The van der Waals surface area contributed by atoms with Gasteiger partial charge in [0.15, 0.2) is 0 Å². The topological polar surface area (TPSA) is 69.7 Å². The molecule has 4 N–H and O–H groups in total. The lowest BCUT2D eigenvalue weighted by atomic mass is 9.85. The van der Waals surface area contributed by atoms with E-state index in [0.29, 0.717) is 12.4 Å². The average Bonchev–Trinajstić information content (AvgIpc) is 2.35. The molecule has 1 rings (SSSR count). The van der Waals surface area contributed by atoms with Gasteiger partial charge in [-0.05, 0) is 39.2 Å². The van der Waals surface area contributed by atoms with Crippen molar-refractivity contribution in [1.29, 1.82) is 0 Å². The van der Waals surface area contributed by atoms with Crippen LogP contribution < -0.4 is 5.73 Å². The summed E-state index contributed by atoms with van der Waals surface area (Å²) in [4.78, 5) is 2.25. The van der Waals surface area contributed by atoms with Crippen molar-refractivity contribution in [3.63, 3.8) is 0 Å². The number of hydrogen-bond donors (Lipinski definition) is 3. The second-order valence-electron chi connectivity index (χ2n) is 4.86. The zero-order chi connectivity index (χ0) is 14.6. The van der Waals surface area contributed by atoms with E-state index in [-0.39, 0.29) is 0 Å².